The number of piperidine rings is 1. The van der Waals surface area contributed by atoms with E-state index >= 15 is 0 Å². The molecule has 34 heavy (non-hydrogen) atoms. The second kappa shape index (κ2) is 9.34. The van der Waals surface area contributed by atoms with Crippen LogP contribution < -0.4 is 4.74 Å². The number of rotatable bonds is 7. The summed E-state index contributed by atoms with van der Waals surface area (Å²) < 4.78 is 49.2. The van der Waals surface area contributed by atoms with Gasteiger partial charge >= 0.3 is 5.97 Å². The third-order valence-electron chi connectivity index (χ3n) is 6.03. The molecule has 8 nitrogen and oxygen atoms in total. The van der Waals surface area contributed by atoms with Gasteiger partial charge in [-0.05, 0) is 68.7 Å². The summed E-state index contributed by atoms with van der Waals surface area (Å²) in [7, 11) is -3.70. The van der Waals surface area contributed by atoms with Crippen LogP contribution in [0.25, 0.3) is 10.9 Å². The van der Waals surface area contributed by atoms with E-state index in [1.807, 2.05) is 20.8 Å². The third kappa shape index (κ3) is 4.78. The van der Waals surface area contributed by atoms with Crippen molar-refractivity contribution in [3.8, 4) is 5.75 Å². The van der Waals surface area contributed by atoms with Crippen LogP contribution in [0.5, 0.6) is 5.75 Å². The first-order valence-corrected chi connectivity index (χ1v) is 12.7. The predicted molar refractivity (Wildman–Crippen MR) is 125 cm³/mol. The molecule has 0 bridgehead atoms. The number of hydrogen-bond donors (Lipinski definition) is 1. The molecule has 1 aromatic heterocycles. The second-order valence-electron chi connectivity index (χ2n) is 8.96. The summed E-state index contributed by atoms with van der Waals surface area (Å²) in [5, 5.41) is 14.3. The largest absolute Gasteiger partial charge is 0.491 e. The zero-order valence-corrected chi connectivity index (χ0v) is 20.1. The fourth-order valence-corrected chi connectivity index (χ4v) is 6.05. The number of carboxylic acids is 1. The number of carboxylic acid groups (broad SMARTS) is 1. The van der Waals surface area contributed by atoms with Crippen LogP contribution in [0.3, 0.4) is 0 Å². The molecule has 2 atom stereocenters. The van der Waals surface area contributed by atoms with Crippen molar-refractivity contribution >= 4 is 26.9 Å². The molecule has 0 unspecified atom stereocenters. The second-order valence-corrected chi connectivity index (χ2v) is 10.9. The van der Waals surface area contributed by atoms with Gasteiger partial charge in [-0.1, -0.05) is 6.92 Å². The fraction of sp³-hybridized carbons (Fsp3) is 0.417. The van der Waals surface area contributed by atoms with Gasteiger partial charge in [-0.3, -0.25) is 9.48 Å². The Morgan fingerprint density at radius 2 is 1.94 bits per heavy atom. The van der Waals surface area contributed by atoms with E-state index in [-0.39, 0.29) is 42.5 Å². The van der Waals surface area contributed by atoms with E-state index in [9.17, 15) is 22.7 Å². The maximum Gasteiger partial charge on any atom is 0.309 e. The van der Waals surface area contributed by atoms with Crippen molar-refractivity contribution in [3.63, 3.8) is 0 Å². The molecule has 1 N–H and O–H groups in total. The number of nitrogens with zero attached hydrogens (tertiary/aromatic N) is 3. The van der Waals surface area contributed by atoms with Gasteiger partial charge in [0.15, 0.2) is 0 Å². The Hall–Kier alpha value is -2.98. The van der Waals surface area contributed by atoms with Gasteiger partial charge in [-0.2, -0.15) is 9.40 Å². The van der Waals surface area contributed by atoms with Crippen molar-refractivity contribution in [1.29, 1.82) is 0 Å². The molecular weight excluding hydrogens is 461 g/mol. The lowest BCUT2D eigenvalue weighted by Crippen LogP contribution is -2.43. The van der Waals surface area contributed by atoms with Crippen LogP contribution in [0.4, 0.5) is 4.39 Å². The predicted octanol–water partition coefficient (Wildman–Crippen LogP) is 3.86. The summed E-state index contributed by atoms with van der Waals surface area (Å²) in [4.78, 5) is 11.5. The Bertz CT molecular complexity index is 1300. The number of sulfonamides is 1. The van der Waals surface area contributed by atoms with Crippen molar-refractivity contribution in [2.75, 3.05) is 13.1 Å². The van der Waals surface area contributed by atoms with Crippen LogP contribution in [-0.2, 0) is 21.2 Å². The molecule has 0 radical (unpaired) electrons. The van der Waals surface area contributed by atoms with Crippen molar-refractivity contribution in [2.45, 2.75) is 50.7 Å². The minimum Gasteiger partial charge on any atom is -0.491 e. The quantitative estimate of drug-likeness (QED) is 0.541. The molecule has 10 heteroatoms. The third-order valence-corrected chi connectivity index (χ3v) is 7.91. The molecule has 0 aliphatic carbocycles. The van der Waals surface area contributed by atoms with Crippen molar-refractivity contribution in [1.82, 2.24) is 14.1 Å². The maximum absolute atomic E-state index is 14.0. The van der Waals surface area contributed by atoms with Gasteiger partial charge in [0.2, 0.25) is 10.0 Å². The summed E-state index contributed by atoms with van der Waals surface area (Å²) in [6, 6.07) is 10.4. The number of ether oxygens (including phenoxy) is 1. The molecule has 0 saturated carbocycles. The molecule has 3 aromatic rings. The average molecular weight is 490 g/mol. The van der Waals surface area contributed by atoms with Gasteiger partial charge in [0.1, 0.15) is 11.6 Å². The first-order valence-electron chi connectivity index (χ1n) is 11.2. The molecular formula is C24H28FN3O5S. The Balaban J connectivity index is 1.57. The maximum atomic E-state index is 14.0. The summed E-state index contributed by atoms with van der Waals surface area (Å²) in [6.07, 6.45) is 0.187. The molecule has 182 valence electrons. The Kier molecular flexibility index (Phi) is 6.64. The van der Waals surface area contributed by atoms with Crippen LogP contribution in [-0.4, -0.2) is 52.8 Å². The monoisotopic (exact) mass is 489 g/mol. The zero-order valence-electron chi connectivity index (χ0n) is 19.3. The van der Waals surface area contributed by atoms with Crippen molar-refractivity contribution in [2.24, 2.45) is 5.92 Å². The smallest absolute Gasteiger partial charge is 0.309 e. The van der Waals surface area contributed by atoms with E-state index < -0.39 is 21.8 Å². The van der Waals surface area contributed by atoms with E-state index in [1.165, 1.54) is 16.4 Å². The summed E-state index contributed by atoms with van der Waals surface area (Å²) in [6.45, 7) is 6.26. The van der Waals surface area contributed by atoms with Crippen LogP contribution >= 0.6 is 0 Å². The van der Waals surface area contributed by atoms with Crippen molar-refractivity contribution in [3.05, 3.63) is 54.0 Å². The minimum absolute atomic E-state index is 0.00907. The lowest BCUT2D eigenvalue weighted by molar-refractivity contribution is -0.136. The molecule has 1 aliphatic rings. The Morgan fingerprint density at radius 3 is 2.56 bits per heavy atom. The average Bonchev–Trinajstić information content (AvgIpc) is 3.10. The van der Waals surface area contributed by atoms with Gasteiger partial charge in [-0.15, -0.1) is 0 Å². The number of aromatic nitrogens is 2. The van der Waals surface area contributed by atoms with Gasteiger partial charge < -0.3 is 9.84 Å². The summed E-state index contributed by atoms with van der Waals surface area (Å²) in [5.41, 5.74) is 0.888. The molecule has 0 spiro atoms. The zero-order chi connectivity index (χ0) is 24.6. The molecule has 0 amide bonds. The number of carbonyl (C=O) groups is 1. The Morgan fingerprint density at radius 1 is 1.24 bits per heavy atom. The van der Waals surface area contributed by atoms with E-state index in [0.717, 1.165) is 0 Å². The molecule has 1 aliphatic heterocycles. The van der Waals surface area contributed by atoms with Crippen molar-refractivity contribution < 1.29 is 27.4 Å². The standard InChI is InChI=1S/C24H28FN3O5S/c1-15(2)33-18-5-7-19(8-6-18)34(31,32)27-11-10-22(16(3)14-27)28-23-12-17(25)4-9-20(23)21(26-28)13-24(29)30/h4-9,12,15-16,22H,10-11,13-14H2,1-3H3,(H,29,30)/t16-,22+/m1/s1. The van der Waals surface area contributed by atoms with Gasteiger partial charge in [-0.25, -0.2) is 12.8 Å². The SMILES string of the molecule is CC(C)Oc1ccc(S(=O)(=O)N2CC[C@H](n3nc(CC(=O)O)c4ccc(F)cc43)[C@H](C)C2)cc1. The first kappa shape index (κ1) is 24.2. The molecule has 2 aromatic carbocycles. The summed E-state index contributed by atoms with van der Waals surface area (Å²) >= 11 is 0. The highest BCUT2D eigenvalue weighted by Gasteiger charge is 2.35. The van der Waals surface area contributed by atoms with Crippen LogP contribution in [0.15, 0.2) is 47.4 Å². The molecule has 1 saturated heterocycles. The first-order chi connectivity index (χ1) is 16.1. The molecule has 1 fully saturated rings. The summed E-state index contributed by atoms with van der Waals surface area (Å²) in [5.74, 6) is -0.977. The normalized spacial score (nSPS) is 19.6. The van der Waals surface area contributed by atoms with Crippen LogP contribution in [0.1, 0.15) is 38.9 Å². The highest BCUT2D eigenvalue weighted by atomic mass is 32.2. The van der Waals surface area contributed by atoms with Crippen LogP contribution in [0, 0.1) is 11.7 Å². The number of hydrogen-bond acceptors (Lipinski definition) is 5. The van der Waals surface area contributed by atoms with E-state index in [0.29, 0.717) is 28.8 Å². The van der Waals surface area contributed by atoms with Crippen LogP contribution in [0.2, 0.25) is 0 Å². The van der Waals surface area contributed by atoms with Gasteiger partial charge in [0.05, 0.1) is 34.7 Å². The highest BCUT2D eigenvalue weighted by molar-refractivity contribution is 7.89. The van der Waals surface area contributed by atoms with Gasteiger partial charge in [0.25, 0.3) is 0 Å². The molecule has 2 heterocycles. The highest BCUT2D eigenvalue weighted by Crippen LogP contribution is 2.34. The van der Waals surface area contributed by atoms with E-state index in [4.69, 9.17) is 4.74 Å². The fourth-order valence-electron chi connectivity index (χ4n) is 4.49. The minimum atomic E-state index is -3.70. The lowest BCUT2D eigenvalue weighted by atomic mass is 9.95. The number of benzene rings is 2. The van der Waals surface area contributed by atoms with Gasteiger partial charge in [0, 0.05) is 18.5 Å². The number of aliphatic carboxylic acids is 1. The topological polar surface area (TPSA) is 102 Å². The lowest BCUT2D eigenvalue weighted by Gasteiger charge is -2.36. The number of halogens is 1. The number of fused-ring (bicyclic) bond motifs is 1. The molecule has 4 rings (SSSR count). The Labute approximate surface area is 198 Å². The van der Waals surface area contributed by atoms with E-state index in [1.54, 1.807) is 35.0 Å². The van der Waals surface area contributed by atoms with E-state index in [2.05, 4.69) is 5.10 Å².